The lowest BCUT2D eigenvalue weighted by atomic mass is 9.79. The summed E-state index contributed by atoms with van der Waals surface area (Å²) in [4.78, 5) is 11.1. The van der Waals surface area contributed by atoms with Gasteiger partial charge in [-0.15, -0.1) is 0 Å². The van der Waals surface area contributed by atoms with E-state index in [-0.39, 0.29) is 6.42 Å². The molecule has 2 rings (SSSR count). The maximum atomic E-state index is 11.1. The molecule has 0 aliphatic heterocycles. The number of carbonyl (C=O) groups is 1. The van der Waals surface area contributed by atoms with Gasteiger partial charge in [0, 0.05) is 11.0 Å². The lowest BCUT2D eigenvalue weighted by Crippen LogP contribution is -2.23. The van der Waals surface area contributed by atoms with E-state index in [0.29, 0.717) is 0 Å². The molecule has 0 unspecified atom stereocenters. The van der Waals surface area contributed by atoms with E-state index in [1.54, 1.807) is 7.11 Å². The van der Waals surface area contributed by atoms with Crippen LogP contribution in [0.1, 0.15) is 56.2 Å². The zero-order valence-corrected chi connectivity index (χ0v) is 12.7. The van der Waals surface area contributed by atoms with Crippen LogP contribution in [0.5, 0.6) is 5.75 Å². The molecule has 1 aromatic carbocycles. The van der Waals surface area contributed by atoms with E-state index >= 15 is 0 Å². The number of fused-ring (bicyclic) bond motifs is 1. The Labute approximate surface area is 121 Å². The molecule has 0 bridgehead atoms. The van der Waals surface area contributed by atoms with Crippen LogP contribution in [0.25, 0.3) is 0 Å². The lowest BCUT2D eigenvalue weighted by molar-refractivity contribution is -0.138. The Bertz CT molecular complexity index is 503. The largest absolute Gasteiger partial charge is 0.496 e. The van der Waals surface area contributed by atoms with E-state index in [1.807, 2.05) is 13.8 Å². The molecule has 3 heteroatoms. The average Bonchev–Trinajstić information content (AvgIpc) is 2.60. The van der Waals surface area contributed by atoms with Gasteiger partial charge in [-0.3, -0.25) is 4.79 Å². The van der Waals surface area contributed by atoms with Crippen LogP contribution in [0.15, 0.2) is 12.1 Å². The summed E-state index contributed by atoms with van der Waals surface area (Å²) in [7, 11) is 1.67. The monoisotopic (exact) mass is 276 g/mol. The summed E-state index contributed by atoms with van der Waals surface area (Å²) >= 11 is 0. The number of methoxy groups -OCH3 is 1. The van der Waals surface area contributed by atoms with Crippen LogP contribution in [-0.4, -0.2) is 18.2 Å². The molecule has 0 spiro atoms. The van der Waals surface area contributed by atoms with Crippen LogP contribution in [-0.2, 0) is 23.1 Å². The van der Waals surface area contributed by atoms with Crippen LogP contribution < -0.4 is 4.74 Å². The van der Waals surface area contributed by atoms with Crippen LogP contribution in [0, 0.1) is 0 Å². The molecule has 0 atom stereocenters. The topological polar surface area (TPSA) is 46.5 Å². The minimum atomic E-state index is -0.771. The van der Waals surface area contributed by atoms with Crippen LogP contribution in [0.3, 0.4) is 0 Å². The smallest absolute Gasteiger partial charge is 0.304 e. The van der Waals surface area contributed by atoms with E-state index < -0.39 is 11.4 Å². The van der Waals surface area contributed by atoms with Crippen molar-refractivity contribution >= 4 is 5.97 Å². The Morgan fingerprint density at radius 1 is 1.20 bits per heavy atom. The molecular formula is C17H24O3. The van der Waals surface area contributed by atoms with E-state index in [9.17, 15) is 4.79 Å². The Hall–Kier alpha value is -1.51. The van der Waals surface area contributed by atoms with Crippen LogP contribution in [0.4, 0.5) is 0 Å². The van der Waals surface area contributed by atoms with E-state index in [0.717, 1.165) is 24.2 Å². The molecule has 0 amide bonds. The fraction of sp³-hybridized carbons (Fsp3) is 0.588. The first kappa shape index (κ1) is 14.9. The summed E-state index contributed by atoms with van der Waals surface area (Å²) in [5, 5.41) is 9.12. The molecule has 1 aromatic rings. The molecule has 1 N–H and O–H groups in total. The lowest BCUT2D eigenvalue weighted by Gasteiger charge is -2.27. The second-order valence-electron chi connectivity index (χ2n) is 6.34. The van der Waals surface area contributed by atoms with Crippen molar-refractivity contribution in [1.82, 2.24) is 0 Å². The third-order valence-corrected chi connectivity index (χ3v) is 4.24. The molecule has 20 heavy (non-hydrogen) atoms. The second-order valence-corrected chi connectivity index (χ2v) is 6.34. The number of rotatable bonds is 4. The van der Waals surface area contributed by atoms with E-state index in [2.05, 4.69) is 12.1 Å². The molecule has 0 saturated heterocycles. The number of carboxylic acid groups (broad SMARTS) is 1. The van der Waals surface area contributed by atoms with E-state index in [1.165, 1.54) is 30.4 Å². The molecule has 0 aromatic heterocycles. The van der Waals surface area contributed by atoms with Gasteiger partial charge in [0.15, 0.2) is 0 Å². The molecule has 0 fully saturated rings. The Kier molecular flexibility index (Phi) is 4.36. The van der Waals surface area contributed by atoms with Crippen molar-refractivity contribution in [2.75, 3.05) is 7.11 Å². The number of hydrogen-bond acceptors (Lipinski definition) is 2. The summed E-state index contributed by atoms with van der Waals surface area (Å²) in [6.07, 6.45) is 6.03. The molecule has 3 nitrogen and oxygen atoms in total. The predicted molar refractivity (Wildman–Crippen MR) is 79.5 cm³/mol. The fourth-order valence-corrected chi connectivity index (χ4v) is 3.11. The summed E-state index contributed by atoms with van der Waals surface area (Å²) in [6, 6.07) is 4.31. The number of aryl methyl sites for hydroxylation is 2. The predicted octanol–water partition coefficient (Wildman–Crippen LogP) is 3.72. The molecule has 0 heterocycles. The highest BCUT2D eigenvalue weighted by molar-refractivity contribution is 5.69. The summed E-state index contributed by atoms with van der Waals surface area (Å²) in [6.45, 7) is 3.95. The third-order valence-electron chi connectivity index (χ3n) is 4.24. The Balaban J connectivity index is 2.46. The highest BCUT2D eigenvalue weighted by Gasteiger charge is 2.28. The Morgan fingerprint density at radius 3 is 2.35 bits per heavy atom. The maximum Gasteiger partial charge on any atom is 0.304 e. The van der Waals surface area contributed by atoms with Gasteiger partial charge in [-0.1, -0.05) is 26.3 Å². The van der Waals surface area contributed by atoms with Gasteiger partial charge in [0.2, 0.25) is 0 Å². The van der Waals surface area contributed by atoms with Crippen molar-refractivity contribution in [1.29, 1.82) is 0 Å². The van der Waals surface area contributed by atoms with Crippen molar-refractivity contribution in [3.05, 3.63) is 28.8 Å². The third kappa shape index (κ3) is 3.14. The number of aliphatic carboxylic acids is 1. The van der Waals surface area contributed by atoms with Gasteiger partial charge in [0.25, 0.3) is 0 Å². The first-order valence-corrected chi connectivity index (χ1v) is 7.36. The molecule has 110 valence electrons. The van der Waals surface area contributed by atoms with Crippen molar-refractivity contribution in [3.63, 3.8) is 0 Å². The summed E-state index contributed by atoms with van der Waals surface area (Å²) in [5.41, 5.74) is 3.34. The quantitative estimate of drug-likeness (QED) is 0.853. The highest BCUT2D eigenvalue weighted by Crippen LogP contribution is 2.37. The number of hydrogen-bond donors (Lipinski definition) is 1. The van der Waals surface area contributed by atoms with Gasteiger partial charge >= 0.3 is 5.97 Å². The zero-order chi connectivity index (χ0) is 14.8. The zero-order valence-electron chi connectivity index (χ0n) is 12.7. The summed E-state index contributed by atoms with van der Waals surface area (Å²) in [5.74, 6) is 0.0592. The summed E-state index contributed by atoms with van der Waals surface area (Å²) < 4.78 is 5.53. The van der Waals surface area contributed by atoms with Gasteiger partial charge in [0.1, 0.15) is 5.75 Å². The van der Waals surface area contributed by atoms with Crippen molar-refractivity contribution in [2.24, 2.45) is 0 Å². The average molecular weight is 276 g/mol. The van der Waals surface area contributed by atoms with Crippen molar-refractivity contribution in [3.8, 4) is 5.75 Å². The number of ether oxygens (including phenoxy) is 1. The molecule has 0 saturated carbocycles. The van der Waals surface area contributed by atoms with Gasteiger partial charge in [0.05, 0.1) is 13.5 Å². The van der Waals surface area contributed by atoms with Crippen molar-refractivity contribution in [2.45, 2.75) is 57.8 Å². The first-order valence-electron chi connectivity index (χ1n) is 7.36. The van der Waals surface area contributed by atoms with Gasteiger partial charge < -0.3 is 9.84 Å². The van der Waals surface area contributed by atoms with Crippen LogP contribution >= 0.6 is 0 Å². The van der Waals surface area contributed by atoms with E-state index in [4.69, 9.17) is 9.84 Å². The fourth-order valence-electron chi connectivity index (χ4n) is 3.11. The molecule has 1 aliphatic carbocycles. The van der Waals surface area contributed by atoms with Gasteiger partial charge in [-0.05, 0) is 42.9 Å². The number of carboxylic acids is 1. The molecule has 1 aliphatic rings. The van der Waals surface area contributed by atoms with Crippen molar-refractivity contribution < 1.29 is 14.6 Å². The van der Waals surface area contributed by atoms with Gasteiger partial charge in [-0.2, -0.15) is 0 Å². The minimum Gasteiger partial charge on any atom is -0.496 e. The minimum absolute atomic E-state index is 0.113. The maximum absolute atomic E-state index is 11.1. The normalized spacial score (nSPS) is 15.3. The Morgan fingerprint density at radius 2 is 1.80 bits per heavy atom. The SMILES string of the molecule is COc1cc2c(cc1C(C)(C)CC(=O)O)CCCCC2. The number of benzene rings is 1. The molecule has 0 radical (unpaired) electrons. The van der Waals surface area contributed by atoms with Crippen LogP contribution in [0.2, 0.25) is 0 Å². The van der Waals surface area contributed by atoms with Gasteiger partial charge in [-0.25, -0.2) is 0 Å². The highest BCUT2D eigenvalue weighted by atomic mass is 16.5. The standard InChI is InChI=1S/C17H24O3/c1-17(2,11-16(18)19)14-9-12-7-5-4-6-8-13(12)10-15(14)20-3/h9-10H,4-8,11H2,1-3H3,(H,18,19). The second kappa shape index (κ2) is 5.86. The first-order chi connectivity index (χ1) is 9.44. The molecular weight excluding hydrogens is 252 g/mol.